The third-order valence-corrected chi connectivity index (χ3v) is 4.28. The topological polar surface area (TPSA) is 52.7 Å². The van der Waals surface area contributed by atoms with Gasteiger partial charge in [0.05, 0.1) is 6.67 Å². The van der Waals surface area contributed by atoms with Crippen LogP contribution in [0.1, 0.15) is 39.7 Å². The van der Waals surface area contributed by atoms with Crippen molar-refractivity contribution in [1.82, 2.24) is 14.7 Å². The van der Waals surface area contributed by atoms with E-state index in [1.165, 1.54) is 0 Å². The molecule has 0 saturated heterocycles. The standard InChI is InChI=1S/C19H27N3O3S/c1-13(2)9-21(10-14(3)4)12-22-19(26)25-18(20-22)17-11-23-15-7-5-6-8-16(15)24-17/h5-8,13-14,17H,9-12H2,1-4H3/t17-/m0/s1. The van der Waals surface area contributed by atoms with Gasteiger partial charge in [-0.25, -0.2) is 4.68 Å². The van der Waals surface area contributed by atoms with Crippen molar-refractivity contribution in [3.05, 3.63) is 35.0 Å². The highest BCUT2D eigenvalue weighted by atomic mass is 32.1. The van der Waals surface area contributed by atoms with Gasteiger partial charge in [0.15, 0.2) is 11.5 Å². The molecule has 26 heavy (non-hydrogen) atoms. The molecule has 1 atom stereocenters. The Morgan fingerprint density at radius 3 is 2.46 bits per heavy atom. The average Bonchev–Trinajstić information content (AvgIpc) is 2.94. The second-order valence-corrected chi connectivity index (χ2v) is 7.88. The number of ether oxygens (including phenoxy) is 2. The van der Waals surface area contributed by atoms with Crippen molar-refractivity contribution in [2.24, 2.45) is 11.8 Å². The van der Waals surface area contributed by atoms with Crippen molar-refractivity contribution in [1.29, 1.82) is 0 Å². The Morgan fingerprint density at radius 2 is 1.81 bits per heavy atom. The summed E-state index contributed by atoms with van der Waals surface area (Å²) in [6.07, 6.45) is -0.392. The largest absolute Gasteiger partial charge is 0.485 e. The van der Waals surface area contributed by atoms with Crippen molar-refractivity contribution in [3.8, 4) is 11.5 Å². The van der Waals surface area contributed by atoms with Crippen molar-refractivity contribution in [3.63, 3.8) is 0 Å². The zero-order valence-corrected chi connectivity index (χ0v) is 16.7. The number of benzene rings is 1. The molecule has 142 valence electrons. The van der Waals surface area contributed by atoms with Gasteiger partial charge in [-0.1, -0.05) is 39.8 Å². The Labute approximate surface area is 159 Å². The summed E-state index contributed by atoms with van der Waals surface area (Å²) in [4.78, 5) is 2.71. The van der Waals surface area contributed by atoms with Gasteiger partial charge >= 0.3 is 0 Å². The predicted octanol–water partition coefficient (Wildman–Crippen LogP) is 4.29. The summed E-state index contributed by atoms with van der Waals surface area (Å²) in [6, 6.07) is 7.59. The first-order valence-corrected chi connectivity index (χ1v) is 9.52. The molecule has 0 saturated carbocycles. The Bertz CT molecular complexity index is 774. The molecule has 0 bridgehead atoms. The zero-order valence-electron chi connectivity index (χ0n) is 15.8. The van der Waals surface area contributed by atoms with Gasteiger partial charge in [0.25, 0.3) is 10.7 Å². The van der Waals surface area contributed by atoms with E-state index in [0.717, 1.165) is 18.8 Å². The lowest BCUT2D eigenvalue weighted by Crippen LogP contribution is -2.33. The molecule has 7 heteroatoms. The van der Waals surface area contributed by atoms with Crippen LogP contribution in [0.15, 0.2) is 28.7 Å². The Morgan fingerprint density at radius 1 is 1.15 bits per heavy atom. The Balaban J connectivity index is 1.73. The minimum Gasteiger partial charge on any atom is -0.485 e. The fourth-order valence-electron chi connectivity index (χ4n) is 3.10. The lowest BCUT2D eigenvalue weighted by atomic mass is 10.1. The van der Waals surface area contributed by atoms with Gasteiger partial charge < -0.3 is 13.9 Å². The first-order valence-electron chi connectivity index (χ1n) is 9.11. The number of fused-ring (bicyclic) bond motifs is 1. The van der Waals surface area contributed by atoms with Crippen LogP contribution in [-0.4, -0.2) is 34.4 Å². The molecule has 1 aliphatic heterocycles. The smallest absolute Gasteiger partial charge is 0.288 e. The molecule has 0 aliphatic carbocycles. The molecule has 1 aliphatic rings. The maximum absolute atomic E-state index is 5.97. The van der Waals surface area contributed by atoms with Gasteiger partial charge in [-0.3, -0.25) is 4.90 Å². The summed E-state index contributed by atoms with van der Waals surface area (Å²) in [5, 5.41) is 4.56. The summed E-state index contributed by atoms with van der Waals surface area (Å²) in [5.41, 5.74) is 0. The minimum atomic E-state index is -0.392. The Hall–Kier alpha value is -1.86. The molecule has 6 nitrogen and oxygen atoms in total. The van der Waals surface area contributed by atoms with E-state index >= 15 is 0 Å². The van der Waals surface area contributed by atoms with Crippen LogP contribution in [-0.2, 0) is 6.67 Å². The van der Waals surface area contributed by atoms with Crippen LogP contribution in [0, 0.1) is 16.7 Å². The van der Waals surface area contributed by atoms with Crippen molar-refractivity contribution in [2.75, 3.05) is 19.7 Å². The highest BCUT2D eigenvalue weighted by Gasteiger charge is 2.27. The molecule has 0 radical (unpaired) electrons. The fraction of sp³-hybridized carbons (Fsp3) is 0.579. The van der Waals surface area contributed by atoms with E-state index in [1.54, 1.807) is 4.68 Å². The maximum Gasteiger partial charge on any atom is 0.288 e. The number of hydrogen-bond donors (Lipinski definition) is 0. The number of hydrogen-bond acceptors (Lipinski definition) is 6. The molecular weight excluding hydrogens is 350 g/mol. The molecule has 0 spiro atoms. The zero-order chi connectivity index (χ0) is 18.7. The highest BCUT2D eigenvalue weighted by Crippen LogP contribution is 2.35. The van der Waals surface area contributed by atoms with Gasteiger partial charge in [-0.05, 0) is 36.2 Å². The van der Waals surface area contributed by atoms with Crippen LogP contribution in [0.3, 0.4) is 0 Å². The molecule has 1 aromatic carbocycles. The quantitative estimate of drug-likeness (QED) is 0.671. The van der Waals surface area contributed by atoms with Crippen molar-refractivity contribution in [2.45, 2.75) is 40.5 Å². The van der Waals surface area contributed by atoms with Crippen molar-refractivity contribution < 1.29 is 13.9 Å². The average molecular weight is 378 g/mol. The SMILES string of the molecule is CC(C)CN(CC(C)C)Cn1nc([C@@H]2COc3ccccc3O2)oc1=S. The molecule has 0 fully saturated rings. The number of rotatable bonds is 7. The molecule has 2 aromatic rings. The summed E-state index contributed by atoms with van der Waals surface area (Å²) in [5.74, 6) is 3.03. The highest BCUT2D eigenvalue weighted by molar-refractivity contribution is 7.71. The fourth-order valence-corrected chi connectivity index (χ4v) is 3.28. The first-order chi connectivity index (χ1) is 12.4. The van der Waals surface area contributed by atoms with Gasteiger partial charge in [-0.2, -0.15) is 0 Å². The Kier molecular flexibility index (Phi) is 5.98. The summed E-state index contributed by atoms with van der Waals surface area (Å²) in [6.45, 7) is 11.8. The van der Waals surface area contributed by atoms with Gasteiger partial charge in [0.1, 0.15) is 6.61 Å². The second kappa shape index (κ2) is 8.22. The van der Waals surface area contributed by atoms with Crippen LogP contribution >= 0.6 is 12.2 Å². The lowest BCUT2D eigenvalue weighted by molar-refractivity contribution is 0.0706. The van der Waals surface area contributed by atoms with Gasteiger partial charge in [0, 0.05) is 13.1 Å². The third kappa shape index (κ3) is 4.65. The van der Waals surface area contributed by atoms with Crippen LogP contribution in [0.2, 0.25) is 0 Å². The lowest BCUT2D eigenvalue weighted by Gasteiger charge is -2.25. The number of para-hydroxylation sites is 2. The summed E-state index contributed by atoms with van der Waals surface area (Å²) in [7, 11) is 0. The van der Waals surface area contributed by atoms with Gasteiger partial charge in [0.2, 0.25) is 6.10 Å². The molecule has 0 unspecified atom stereocenters. The predicted molar refractivity (Wildman–Crippen MR) is 102 cm³/mol. The minimum absolute atomic E-state index is 0.355. The van der Waals surface area contributed by atoms with Crippen LogP contribution in [0.5, 0.6) is 11.5 Å². The summed E-state index contributed by atoms with van der Waals surface area (Å²) >= 11 is 5.38. The maximum atomic E-state index is 5.97. The number of aromatic nitrogens is 2. The van der Waals surface area contributed by atoms with E-state index in [2.05, 4.69) is 37.7 Å². The normalized spacial score (nSPS) is 16.7. The molecule has 0 N–H and O–H groups in total. The molecule has 0 amide bonds. The van der Waals surface area contributed by atoms with Gasteiger partial charge in [-0.15, -0.1) is 5.10 Å². The second-order valence-electron chi connectivity index (χ2n) is 7.54. The van der Waals surface area contributed by atoms with E-state index in [9.17, 15) is 0 Å². The third-order valence-electron chi connectivity index (χ3n) is 3.99. The van der Waals surface area contributed by atoms with E-state index in [1.807, 2.05) is 24.3 Å². The van der Waals surface area contributed by atoms with Crippen LogP contribution in [0.25, 0.3) is 0 Å². The van der Waals surface area contributed by atoms with E-state index in [4.69, 9.17) is 26.1 Å². The molecular formula is C19H27N3O3S. The van der Waals surface area contributed by atoms with Crippen LogP contribution in [0.4, 0.5) is 0 Å². The molecule has 2 heterocycles. The van der Waals surface area contributed by atoms with Crippen LogP contribution < -0.4 is 9.47 Å². The summed E-state index contributed by atoms with van der Waals surface area (Å²) < 4.78 is 19.2. The first kappa shape index (κ1) is 18.9. The molecule has 3 rings (SSSR count). The molecule has 1 aromatic heterocycles. The number of nitrogens with zero attached hydrogens (tertiary/aromatic N) is 3. The van der Waals surface area contributed by atoms with Crippen molar-refractivity contribution >= 4 is 12.2 Å². The monoisotopic (exact) mass is 377 g/mol. The van der Waals surface area contributed by atoms with E-state index in [-0.39, 0.29) is 0 Å². The van der Waals surface area contributed by atoms with E-state index in [0.29, 0.717) is 41.6 Å². The van der Waals surface area contributed by atoms with E-state index < -0.39 is 6.10 Å².